The number of likely N-dealkylation sites (tertiary alicyclic amines) is 1. The van der Waals surface area contributed by atoms with Crippen LogP contribution in [-0.2, 0) is 0 Å². The standard InChI is InChI=1S/C17H23FN6O/c1-24-4-2-13(3-5-24)25-17-10-19-9-16(21-17)20-15-8-14(22-23-15)11-6-12(18)7-11/h8-13H,2-7H2,1H3,(H2,20,21,22,23). The minimum absolute atomic E-state index is 0.185. The molecule has 0 radical (unpaired) electrons. The van der Waals surface area contributed by atoms with Gasteiger partial charge in [0, 0.05) is 30.8 Å². The largest absolute Gasteiger partial charge is 0.473 e. The van der Waals surface area contributed by atoms with Gasteiger partial charge in [-0.3, -0.25) is 10.1 Å². The first-order valence-corrected chi connectivity index (χ1v) is 8.79. The maximum absolute atomic E-state index is 13.0. The summed E-state index contributed by atoms with van der Waals surface area (Å²) in [7, 11) is 2.12. The second kappa shape index (κ2) is 6.95. The van der Waals surface area contributed by atoms with Crippen LogP contribution in [-0.4, -0.2) is 57.5 Å². The SMILES string of the molecule is CN1CCC(Oc2cncc(Nc3cc(C4CC(F)C4)[nH]n3)n2)CC1. The van der Waals surface area contributed by atoms with Crippen LogP contribution in [0.2, 0.25) is 0 Å². The van der Waals surface area contributed by atoms with Crippen molar-refractivity contribution in [2.24, 2.45) is 0 Å². The summed E-state index contributed by atoms with van der Waals surface area (Å²) < 4.78 is 18.9. The van der Waals surface area contributed by atoms with Crippen LogP contribution in [0.25, 0.3) is 0 Å². The Hall–Kier alpha value is -2.22. The molecular formula is C17H23FN6O. The van der Waals surface area contributed by atoms with E-state index in [1.165, 1.54) is 0 Å². The lowest BCUT2D eigenvalue weighted by atomic mass is 9.81. The zero-order chi connectivity index (χ0) is 17.2. The molecule has 1 saturated heterocycles. The van der Waals surface area contributed by atoms with E-state index in [-0.39, 0.29) is 12.0 Å². The van der Waals surface area contributed by atoms with E-state index in [0.29, 0.717) is 30.4 Å². The zero-order valence-electron chi connectivity index (χ0n) is 14.3. The first kappa shape index (κ1) is 16.3. The third-order valence-corrected chi connectivity index (χ3v) is 4.94. The summed E-state index contributed by atoms with van der Waals surface area (Å²) in [5, 5.41) is 10.3. The quantitative estimate of drug-likeness (QED) is 0.866. The van der Waals surface area contributed by atoms with Crippen molar-refractivity contribution in [2.45, 2.75) is 43.9 Å². The molecular weight excluding hydrogens is 323 g/mol. The second-order valence-corrected chi connectivity index (χ2v) is 6.96. The number of rotatable bonds is 5. The Kier molecular flexibility index (Phi) is 4.52. The van der Waals surface area contributed by atoms with Gasteiger partial charge in [-0.05, 0) is 32.7 Å². The van der Waals surface area contributed by atoms with Gasteiger partial charge in [0.2, 0.25) is 5.88 Å². The van der Waals surface area contributed by atoms with Crippen molar-refractivity contribution in [2.75, 3.05) is 25.5 Å². The van der Waals surface area contributed by atoms with Crippen LogP contribution in [0.3, 0.4) is 0 Å². The van der Waals surface area contributed by atoms with Crippen molar-refractivity contribution in [1.82, 2.24) is 25.1 Å². The van der Waals surface area contributed by atoms with Gasteiger partial charge in [-0.15, -0.1) is 0 Å². The number of alkyl halides is 1. The van der Waals surface area contributed by atoms with Gasteiger partial charge in [-0.25, -0.2) is 4.39 Å². The maximum Gasteiger partial charge on any atom is 0.234 e. The molecule has 2 aromatic rings. The summed E-state index contributed by atoms with van der Waals surface area (Å²) in [4.78, 5) is 10.9. The fraction of sp³-hybridized carbons (Fsp3) is 0.588. The Labute approximate surface area is 146 Å². The highest BCUT2D eigenvalue weighted by Crippen LogP contribution is 2.38. The van der Waals surface area contributed by atoms with E-state index in [9.17, 15) is 4.39 Å². The highest BCUT2D eigenvalue weighted by Gasteiger charge is 2.31. The molecule has 0 atom stereocenters. The maximum atomic E-state index is 13.0. The molecule has 1 saturated carbocycles. The molecule has 0 bridgehead atoms. The predicted molar refractivity (Wildman–Crippen MR) is 91.9 cm³/mol. The molecule has 1 aliphatic heterocycles. The van der Waals surface area contributed by atoms with Crippen LogP contribution in [0.4, 0.5) is 16.0 Å². The van der Waals surface area contributed by atoms with Gasteiger partial charge in [0.1, 0.15) is 12.3 Å². The minimum atomic E-state index is -0.677. The number of halogens is 1. The summed E-state index contributed by atoms with van der Waals surface area (Å²) in [5.41, 5.74) is 0.961. The lowest BCUT2D eigenvalue weighted by molar-refractivity contribution is 0.110. The zero-order valence-corrected chi connectivity index (χ0v) is 14.3. The average molecular weight is 346 g/mol. The molecule has 0 unspecified atom stereocenters. The number of aromatic amines is 1. The number of nitrogens with one attached hydrogen (secondary N) is 2. The fourth-order valence-corrected chi connectivity index (χ4v) is 3.28. The Bertz CT molecular complexity index is 709. The minimum Gasteiger partial charge on any atom is -0.473 e. The van der Waals surface area contributed by atoms with Gasteiger partial charge in [-0.2, -0.15) is 10.1 Å². The van der Waals surface area contributed by atoms with E-state index < -0.39 is 6.17 Å². The molecule has 4 rings (SSSR count). The van der Waals surface area contributed by atoms with Crippen molar-refractivity contribution >= 4 is 11.6 Å². The topological polar surface area (TPSA) is 79.0 Å². The summed E-state index contributed by atoms with van der Waals surface area (Å²) in [6.07, 6.45) is 5.91. The van der Waals surface area contributed by atoms with Gasteiger partial charge >= 0.3 is 0 Å². The average Bonchev–Trinajstić information content (AvgIpc) is 3.02. The molecule has 2 aliphatic rings. The van der Waals surface area contributed by atoms with E-state index in [4.69, 9.17) is 4.74 Å². The third-order valence-electron chi connectivity index (χ3n) is 4.94. The molecule has 2 N–H and O–H groups in total. The molecule has 0 amide bonds. The van der Waals surface area contributed by atoms with E-state index in [2.05, 4.69) is 37.4 Å². The summed E-state index contributed by atoms with van der Waals surface area (Å²) in [6, 6.07) is 1.91. The van der Waals surface area contributed by atoms with Gasteiger partial charge in [-0.1, -0.05) is 0 Å². The molecule has 0 spiro atoms. The van der Waals surface area contributed by atoms with Crippen LogP contribution in [0.1, 0.15) is 37.3 Å². The van der Waals surface area contributed by atoms with Crippen molar-refractivity contribution in [3.63, 3.8) is 0 Å². The molecule has 2 aromatic heterocycles. The Morgan fingerprint density at radius 1 is 1.24 bits per heavy atom. The number of H-pyrrole nitrogens is 1. The molecule has 134 valence electrons. The molecule has 7 nitrogen and oxygen atoms in total. The first-order valence-electron chi connectivity index (χ1n) is 8.79. The van der Waals surface area contributed by atoms with Crippen LogP contribution in [0.15, 0.2) is 18.5 Å². The number of anilines is 2. The van der Waals surface area contributed by atoms with Gasteiger partial charge in [0.15, 0.2) is 11.6 Å². The highest BCUT2D eigenvalue weighted by atomic mass is 19.1. The Morgan fingerprint density at radius 3 is 2.80 bits per heavy atom. The third kappa shape index (κ3) is 3.89. The molecule has 1 aliphatic carbocycles. The van der Waals surface area contributed by atoms with Gasteiger partial charge in [0.25, 0.3) is 0 Å². The van der Waals surface area contributed by atoms with Gasteiger partial charge in [0.05, 0.1) is 12.4 Å². The number of nitrogens with zero attached hydrogens (tertiary/aromatic N) is 4. The van der Waals surface area contributed by atoms with Crippen molar-refractivity contribution in [3.05, 3.63) is 24.2 Å². The van der Waals surface area contributed by atoms with Crippen LogP contribution < -0.4 is 10.1 Å². The Morgan fingerprint density at radius 2 is 2.04 bits per heavy atom. The molecule has 3 heterocycles. The van der Waals surface area contributed by atoms with Crippen LogP contribution in [0.5, 0.6) is 5.88 Å². The lowest BCUT2D eigenvalue weighted by Gasteiger charge is -2.28. The molecule has 0 aromatic carbocycles. The van der Waals surface area contributed by atoms with Crippen molar-refractivity contribution < 1.29 is 9.13 Å². The van der Waals surface area contributed by atoms with E-state index >= 15 is 0 Å². The number of ether oxygens (including phenoxy) is 1. The number of piperidine rings is 1. The van der Waals surface area contributed by atoms with Crippen molar-refractivity contribution in [3.8, 4) is 5.88 Å². The summed E-state index contributed by atoms with van der Waals surface area (Å²) >= 11 is 0. The highest BCUT2D eigenvalue weighted by molar-refractivity contribution is 5.51. The van der Waals surface area contributed by atoms with E-state index in [1.54, 1.807) is 12.4 Å². The Balaban J connectivity index is 1.36. The monoisotopic (exact) mass is 346 g/mol. The molecule has 2 fully saturated rings. The van der Waals surface area contributed by atoms with Crippen LogP contribution >= 0.6 is 0 Å². The fourth-order valence-electron chi connectivity index (χ4n) is 3.28. The molecule has 8 heteroatoms. The summed E-state index contributed by atoms with van der Waals surface area (Å²) in [6.45, 7) is 2.07. The summed E-state index contributed by atoms with van der Waals surface area (Å²) in [5.74, 6) is 2.00. The smallest absolute Gasteiger partial charge is 0.234 e. The predicted octanol–water partition coefficient (Wildman–Crippen LogP) is 2.63. The van der Waals surface area contributed by atoms with E-state index in [1.807, 2.05) is 6.07 Å². The number of hydrogen-bond donors (Lipinski definition) is 2. The normalized spacial score (nSPS) is 24.7. The number of hydrogen-bond acceptors (Lipinski definition) is 6. The van der Waals surface area contributed by atoms with Crippen LogP contribution in [0, 0.1) is 0 Å². The van der Waals surface area contributed by atoms with E-state index in [0.717, 1.165) is 31.6 Å². The first-order chi connectivity index (χ1) is 12.2. The van der Waals surface area contributed by atoms with Gasteiger partial charge < -0.3 is 15.0 Å². The number of aromatic nitrogens is 4. The van der Waals surface area contributed by atoms with Crippen molar-refractivity contribution in [1.29, 1.82) is 0 Å². The molecule has 25 heavy (non-hydrogen) atoms. The second-order valence-electron chi connectivity index (χ2n) is 6.96. The lowest BCUT2D eigenvalue weighted by Crippen LogP contribution is -2.35.